The zero-order valence-corrected chi connectivity index (χ0v) is 13.3. The van der Waals surface area contributed by atoms with Gasteiger partial charge in [0.25, 0.3) is 0 Å². The Kier molecular flexibility index (Phi) is 5.64. The molecule has 2 atom stereocenters. The summed E-state index contributed by atoms with van der Waals surface area (Å²) in [7, 11) is 0. The van der Waals surface area contributed by atoms with Gasteiger partial charge >= 0.3 is 0 Å². The summed E-state index contributed by atoms with van der Waals surface area (Å²) in [5, 5.41) is 3.38. The van der Waals surface area contributed by atoms with Crippen LogP contribution in [-0.4, -0.2) is 29.9 Å². The number of nitrogens with one attached hydrogen (secondary N) is 1. The van der Waals surface area contributed by atoms with Crippen LogP contribution < -0.4 is 5.32 Å². The number of nitrogens with zero attached hydrogens (tertiary/aromatic N) is 1. The Balaban J connectivity index is 2.03. The lowest BCUT2D eigenvalue weighted by Crippen LogP contribution is -2.44. The van der Waals surface area contributed by atoms with Gasteiger partial charge in [-0.25, -0.2) is 0 Å². The van der Waals surface area contributed by atoms with Crippen LogP contribution in [-0.2, 0) is 11.3 Å². The molecule has 0 spiro atoms. The smallest absolute Gasteiger partial charge is 0.226 e. The maximum absolute atomic E-state index is 12.7. The Labute approximate surface area is 129 Å². The summed E-state index contributed by atoms with van der Waals surface area (Å²) in [5.74, 6) is 0.365. The van der Waals surface area contributed by atoms with E-state index in [2.05, 4.69) is 18.8 Å². The first-order valence-electron chi connectivity index (χ1n) is 6.97. The molecule has 3 nitrogen and oxygen atoms in total. The van der Waals surface area contributed by atoms with Crippen LogP contribution in [0.5, 0.6) is 0 Å². The highest BCUT2D eigenvalue weighted by atomic mass is 35.5. The van der Waals surface area contributed by atoms with Crippen molar-refractivity contribution in [2.45, 2.75) is 32.4 Å². The summed E-state index contributed by atoms with van der Waals surface area (Å²) in [5.41, 5.74) is 0. The summed E-state index contributed by atoms with van der Waals surface area (Å²) < 4.78 is 0.765. The molecule has 110 valence electrons. The van der Waals surface area contributed by atoms with Gasteiger partial charge in [0, 0.05) is 23.4 Å². The average Bonchev–Trinajstić information content (AvgIpc) is 2.83. The van der Waals surface area contributed by atoms with E-state index in [-0.39, 0.29) is 11.8 Å². The van der Waals surface area contributed by atoms with Crippen molar-refractivity contribution in [3.05, 3.63) is 34.0 Å². The van der Waals surface area contributed by atoms with E-state index in [9.17, 15) is 4.79 Å². The highest BCUT2D eigenvalue weighted by Crippen LogP contribution is 2.25. The van der Waals surface area contributed by atoms with Gasteiger partial charge in [-0.3, -0.25) is 4.79 Å². The van der Waals surface area contributed by atoms with Crippen molar-refractivity contribution in [3.8, 4) is 0 Å². The molecule has 5 heteroatoms. The molecule has 0 radical (unpaired) electrons. The number of carbonyl (C=O) groups is 1. The monoisotopic (exact) mass is 312 g/mol. The fourth-order valence-corrected chi connectivity index (χ4v) is 3.73. The van der Waals surface area contributed by atoms with Crippen LogP contribution in [0, 0.1) is 5.92 Å². The van der Waals surface area contributed by atoms with Crippen LogP contribution in [0.2, 0.25) is 4.34 Å². The van der Waals surface area contributed by atoms with E-state index >= 15 is 0 Å². The summed E-state index contributed by atoms with van der Waals surface area (Å²) in [6.07, 6.45) is 3.62. The topological polar surface area (TPSA) is 32.3 Å². The van der Waals surface area contributed by atoms with Gasteiger partial charge in [0.05, 0.1) is 10.9 Å². The molecule has 1 amide bonds. The molecule has 0 aromatic carbocycles. The lowest BCUT2D eigenvalue weighted by atomic mass is 9.92. The lowest BCUT2D eigenvalue weighted by Gasteiger charge is -2.31. The Hall–Kier alpha value is -0.840. The average molecular weight is 313 g/mol. The molecule has 1 aliphatic rings. The van der Waals surface area contributed by atoms with Gasteiger partial charge in [0.1, 0.15) is 0 Å². The van der Waals surface area contributed by atoms with Crippen LogP contribution in [0.25, 0.3) is 0 Å². The maximum Gasteiger partial charge on any atom is 0.226 e. The Morgan fingerprint density at radius 1 is 1.65 bits per heavy atom. The zero-order chi connectivity index (χ0) is 14.5. The van der Waals surface area contributed by atoms with Crippen LogP contribution in [0.1, 0.15) is 24.6 Å². The second kappa shape index (κ2) is 7.25. The molecule has 1 aromatic heterocycles. The largest absolute Gasteiger partial charge is 0.334 e. The predicted octanol–water partition coefficient (Wildman–Crippen LogP) is 3.30. The first-order valence-corrected chi connectivity index (χ1v) is 8.17. The molecule has 2 unspecified atom stereocenters. The molecule has 1 saturated heterocycles. The fourth-order valence-electron chi connectivity index (χ4n) is 2.63. The summed E-state index contributed by atoms with van der Waals surface area (Å²) in [6, 6.07) is 4.28. The summed E-state index contributed by atoms with van der Waals surface area (Å²) in [6.45, 7) is 8.03. The van der Waals surface area contributed by atoms with Crippen LogP contribution in [0.4, 0.5) is 0 Å². The number of amides is 1. The van der Waals surface area contributed by atoms with Gasteiger partial charge < -0.3 is 10.2 Å². The molecule has 2 heterocycles. The van der Waals surface area contributed by atoms with E-state index < -0.39 is 0 Å². The fraction of sp³-hybridized carbons (Fsp3) is 0.533. The number of hydrogen-bond donors (Lipinski definition) is 1. The first kappa shape index (κ1) is 15.5. The number of hydrogen-bond acceptors (Lipinski definition) is 3. The summed E-state index contributed by atoms with van der Waals surface area (Å²) in [4.78, 5) is 15.7. The molecule has 0 aliphatic carbocycles. The van der Waals surface area contributed by atoms with Crippen molar-refractivity contribution in [3.63, 3.8) is 0 Å². The van der Waals surface area contributed by atoms with Crippen molar-refractivity contribution < 1.29 is 4.79 Å². The van der Waals surface area contributed by atoms with E-state index in [1.165, 1.54) is 11.3 Å². The van der Waals surface area contributed by atoms with E-state index in [1.807, 2.05) is 17.0 Å². The maximum atomic E-state index is 12.7. The van der Waals surface area contributed by atoms with E-state index in [0.717, 1.165) is 28.6 Å². The number of thiophene rings is 1. The van der Waals surface area contributed by atoms with Crippen LogP contribution in [0.15, 0.2) is 24.8 Å². The van der Waals surface area contributed by atoms with Crippen LogP contribution >= 0.6 is 22.9 Å². The Morgan fingerprint density at radius 3 is 3.05 bits per heavy atom. The van der Waals surface area contributed by atoms with Gasteiger partial charge in [0.2, 0.25) is 5.91 Å². The molecule has 1 aliphatic heterocycles. The molecule has 0 saturated carbocycles. The van der Waals surface area contributed by atoms with Gasteiger partial charge in [0.15, 0.2) is 0 Å². The third-order valence-corrected chi connectivity index (χ3v) is 4.83. The van der Waals surface area contributed by atoms with Crippen molar-refractivity contribution >= 4 is 28.8 Å². The molecule has 1 N–H and O–H groups in total. The molecular formula is C15H21ClN2OS. The van der Waals surface area contributed by atoms with Crippen molar-refractivity contribution in [1.82, 2.24) is 10.2 Å². The minimum atomic E-state index is 0.127. The van der Waals surface area contributed by atoms with Gasteiger partial charge in [-0.15, -0.1) is 17.9 Å². The van der Waals surface area contributed by atoms with E-state index in [4.69, 9.17) is 11.6 Å². The molecular weight excluding hydrogens is 292 g/mol. The minimum Gasteiger partial charge on any atom is -0.334 e. The Morgan fingerprint density at radius 2 is 2.45 bits per heavy atom. The number of piperidine rings is 1. The number of carbonyl (C=O) groups excluding carboxylic acids is 1. The SMILES string of the molecule is C=CCN(Cc1ccc(Cl)s1)C(=O)C1CCNC(C)C1. The lowest BCUT2D eigenvalue weighted by molar-refractivity contribution is -0.136. The standard InChI is InChI=1S/C15H21ClN2OS/c1-3-8-18(10-13-4-5-14(16)20-13)15(19)12-6-7-17-11(2)9-12/h3-5,11-12,17H,1,6-10H2,2H3. The molecule has 20 heavy (non-hydrogen) atoms. The van der Waals surface area contributed by atoms with Gasteiger partial charge in [-0.05, 0) is 38.4 Å². The Bertz CT molecular complexity index is 474. The zero-order valence-electron chi connectivity index (χ0n) is 11.8. The van der Waals surface area contributed by atoms with Crippen molar-refractivity contribution in [2.24, 2.45) is 5.92 Å². The van der Waals surface area contributed by atoms with Crippen molar-refractivity contribution in [1.29, 1.82) is 0 Å². The molecule has 2 rings (SSSR count). The van der Waals surface area contributed by atoms with Crippen LogP contribution in [0.3, 0.4) is 0 Å². The predicted molar refractivity (Wildman–Crippen MR) is 85.1 cm³/mol. The normalized spacial score (nSPS) is 22.5. The quantitative estimate of drug-likeness (QED) is 0.846. The molecule has 0 bridgehead atoms. The van der Waals surface area contributed by atoms with Gasteiger partial charge in [-0.1, -0.05) is 17.7 Å². The van der Waals surface area contributed by atoms with Gasteiger partial charge in [-0.2, -0.15) is 0 Å². The summed E-state index contributed by atoms with van der Waals surface area (Å²) >= 11 is 7.49. The first-order chi connectivity index (χ1) is 9.60. The second-order valence-electron chi connectivity index (χ2n) is 5.29. The number of rotatable bonds is 5. The highest BCUT2D eigenvalue weighted by molar-refractivity contribution is 7.16. The van der Waals surface area contributed by atoms with E-state index in [0.29, 0.717) is 19.1 Å². The third-order valence-electron chi connectivity index (χ3n) is 3.61. The van der Waals surface area contributed by atoms with Crippen molar-refractivity contribution in [2.75, 3.05) is 13.1 Å². The third kappa shape index (κ3) is 4.08. The molecule has 1 fully saturated rings. The highest BCUT2D eigenvalue weighted by Gasteiger charge is 2.28. The number of halogens is 1. The minimum absolute atomic E-state index is 0.127. The molecule has 1 aromatic rings. The second-order valence-corrected chi connectivity index (χ2v) is 7.09. The van der Waals surface area contributed by atoms with E-state index in [1.54, 1.807) is 6.08 Å².